The lowest BCUT2D eigenvalue weighted by Gasteiger charge is -2.21. The summed E-state index contributed by atoms with van der Waals surface area (Å²) in [6.45, 7) is 1.98. The minimum Gasteiger partial charge on any atom is -0.319 e. The molecule has 27 heavy (non-hydrogen) atoms. The van der Waals surface area contributed by atoms with E-state index in [2.05, 4.69) is 5.32 Å². The number of amides is 1. The summed E-state index contributed by atoms with van der Waals surface area (Å²) in [6, 6.07) is 16.0. The van der Waals surface area contributed by atoms with E-state index in [9.17, 15) is 14.4 Å². The molecule has 4 nitrogen and oxygen atoms in total. The van der Waals surface area contributed by atoms with Crippen LogP contribution in [0.2, 0.25) is 5.02 Å². The van der Waals surface area contributed by atoms with Crippen molar-refractivity contribution in [3.8, 4) is 0 Å². The predicted octanol–water partition coefficient (Wildman–Crippen LogP) is 3.77. The van der Waals surface area contributed by atoms with E-state index in [1.807, 2.05) is 25.1 Å². The summed E-state index contributed by atoms with van der Waals surface area (Å²) in [7, 11) is 0. The number of halogens is 1. The fourth-order valence-corrected chi connectivity index (χ4v) is 4.32. The van der Waals surface area contributed by atoms with Gasteiger partial charge in [-0.25, -0.2) is 0 Å². The topological polar surface area (TPSA) is 63.2 Å². The molecule has 2 aromatic carbocycles. The molecule has 0 aliphatic heterocycles. The molecule has 1 saturated carbocycles. The maximum absolute atomic E-state index is 13.0. The second-order valence-electron chi connectivity index (χ2n) is 7.11. The van der Waals surface area contributed by atoms with Crippen LogP contribution < -0.4 is 5.32 Å². The molecule has 2 bridgehead atoms. The maximum Gasteiger partial charge on any atom is 0.255 e. The number of hydrogen-bond acceptors (Lipinski definition) is 3. The Morgan fingerprint density at radius 1 is 1.00 bits per heavy atom. The van der Waals surface area contributed by atoms with Gasteiger partial charge in [-0.05, 0) is 41.8 Å². The second kappa shape index (κ2) is 6.78. The van der Waals surface area contributed by atoms with Crippen LogP contribution in [-0.2, 0) is 9.59 Å². The zero-order valence-corrected chi connectivity index (χ0v) is 15.4. The molecule has 0 spiro atoms. The van der Waals surface area contributed by atoms with E-state index in [0.717, 1.165) is 5.56 Å². The first-order chi connectivity index (χ1) is 13.0. The summed E-state index contributed by atoms with van der Waals surface area (Å²) in [5.74, 6) is -2.11. The number of allylic oxidation sites excluding steroid dienone is 2. The number of fused-ring (bicyclic) bond motifs is 2. The van der Waals surface area contributed by atoms with Gasteiger partial charge in [0.25, 0.3) is 5.91 Å². The molecule has 0 aromatic heterocycles. The number of ketones is 2. The van der Waals surface area contributed by atoms with Crippen LogP contribution >= 0.6 is 11.6 Å². The van der Waals surface area contributed by atoms with Crippen molar-refractivity contribution in [2.75, 3.05) is 0 Å². The molecule has 2 aromatic rings. The molecule has 0 saturated heterocycles. The standard InChI is InChI=1S/C22H18ClNO3/c1-12-16-11-17(24-22(27)14-5-3-2-4-6-14)21(26)19(20(16)25)18(12)13-7-9-15(23)10-8-13/h2-12,16,18-19H,1H3,(H,24,27). The quantitative estimate of drug-likeness (QED) is 0.825. The Labute approximate surface area is 162 Å². The Morgan fingerprint density at radius 2 is 1.67 bits per heavy atom. The molecule has 1 N–H and O–H groups in total. The molecule has 2 aliphatic rings. The van der Waals surface area contributed by atoms with Crippen molar-refractivity contribution >= 4 is 29.1 Å². The number of benzene rings is 2. The molecular formula is C22H18ClNO3. The van der Waals surface area contributed by atoms with Crippen molar-refractivity contribution in [3.05, 3.63) is 82.5 Å². The molecule has 0 radical (unpaired) electrons. The summed E-state index contributed by atoms with van der Waals surface area (Å²) in [4.78, 5) is 38.2. The van der Waals surface area contributed by atoms with E-state index in [1.165, 1.54) is 0 Å². The summed E-state index contributed by atoms with van der Waals surface area (Å²) in [6.07, 6.45) is 1.63. The Kier molecular flexibility index (Phi) is 4.44. The second-order valence-corrected chi connectivity index (χ2v) is 7.54. The van der Waals surface area contributed by atoms with E-state index in [4.69, 9.17) is 11.6 Å². The molecule has 4 atom stereocenters. The third-order valence-electron chi connectivity index (χ3n) is 5.56. The summed E-state index contributed by atoms with van der Waals surface area (Å²) < 4.78 is 0. The lowest BCUT2D eigenvalue weighted by atomic mass is 9.81. The van der Waals surface area contributed by atoms with Gasteiger partial charge in [0, 0.05) is 22.4 Å². The number of carbonyl (C=O) groups is 3. The van der Waals surface area contributed by atoms with E-state index >= 15 is 0 Å². The first kappa shape index (κ1) is 17.7. The van der Waals surface area contributed by atoms with Crippen molar-refractivity contribution < 1.29 is 14.4 Å². The van der Waals surface area contributed by atoms with Gasteiger partial charge in [-0.1, -0.05) is 48.9 Å². The Balaban J connectivity index is 1.64. The van der Waals surface area contributed by atoms with E-state index in [-0.39, 0.29) is 40.9 Å². The van der Waals surface area contributed by atoms with Crippen LogP contribution in [0.5, 0.6) is 0 Å². The van der Waals surface area contributed by atoms with Crippen LogP contribution in [0.25, 0.3) is 0 Å². The van der Waals surface area contributed by atoms with Gasteiger partial charge in [0.05, 0.1) is 11.6 Å². The van der Waals surface area contributed by atoms with E-state index in [0.29, 0.717) is 10.6 Å². The highest BCUT2D eigenvalue weighted by atomic mass is 35.5. The lowest BCUT2D eigenvalue weighted by Crippen LogP contribution is -2.37. The lowest BCUT2D eigenvalue weighted by molar-refractivity contribution is -0.131. The van der Waals surface area contributed by atoms with E-state index < -0.39 is 5.92 Å². The number of hydrogen-bond donors (Lipinski definition) is 1. The molecule has 4 unspecified atom stereocenters. The summed E-state index contributed by atoms with van der Waals surface area (Å²) in [5, 5.41) is 3.32. The third kappa shape index (κ3) is 3.00. The zero-order chi connectivity index (χ0) is 19.1. The van der Waals surface area contributed by atoms with Gasteiger partial charge >= 0.3 is 0 Å². The Hall–Kier alpha value is -2.72. The van der Waals surface area contributed by atoms with Gasteiger partial charge in [0.1, 0.15) is 0 Å². The van der Waals surface area contributed by atoms with Crippen LogP contribution in [0.3, 0.4) is 0 Å². The van der Waals surface area contributed by atoms with Crippen molar-refractivity contribution in [3.63, 3.8) is 0 Å². The van der Waals surface area contributed by atoms with Crippen molar-refractivity contribution in [2.45, 2.75) is 12.8 Å². The minimum atomic E-state index is -0.762. The molecule has 5 heteroatoms. The summed E-state index contributed by atoms with van der Waals surface area (Å²) >= 11 is 5.97. The highest BCUT2D eigenvalue weighted by Gasteiger charge is 2.54. The largest absolute Gasteiger partial charge is 0.319 e. The fourth-order valence-electron chi connectivity index (χ4n) is 4.19. The number of nitrogens with one attached hydrogen (secondary N) is 1. The van der Waals surface area contributed by atoms with Gasteiger partial charge in [0.2, 0.25) is 0 Å². The Morgan fingerprint density at radius 3 is 2.33 bits per heavy atom. The summed E-state index contributed by atoms with van der Waals surface area (Å²) in [5.41, 5.74) is 1.62. The van der Waals surface area contributed by atoms with Gasteiger partial charge in [-0.2, -0.15) is 0 Å². The highest BCUT2D eigenvalue weighted by Crippen LogP contribution is 2.49. The van der Waals surface area contributed by atoms with Crippen molar-refractivity contribution in [1.82, 2.24) is 5.32 Å². The third-order valence-corrected chi connectivity index (χ3v) is 5.81. The average molecular weight is 380 g/mol. The van der Waals surface area contributed by atoms with Gasteiger partial charge in [-0.15, -0.1) is 0 Å². The number of carbonyl (C=O) groups excluding carboxylic acids is 3. The van der Waals surface area contributed by atoms with Gasteiger partial charge < -0.3 is 5.32 Å². The molecule has 4 rings (SSSR count). The first-order valence-corrected chi connectivity index (χ1v) is 9.27. The molecule has 2 aliphatic carbocycles. The molecule has 1 amide bonds. The van der Waals surface area contributed by atoms with Crippen LogP contribution in [0.4, 0.5) is 0 Å². The number of rotatable bonds is 3. The molecular weight excluding hydrogens is 362 g/mol. The van der Waals surface area contributed by atoms with Crippen molar-refractivity contribution in [1.29, 1.82) is 0 Å². The van der Waals surface area contributed by atoms with Crippen LogP contribution in [-0.4, -0.2) is 17.5 Å². The molecule has 136 valence electrons. The molecule has 1 fully saturated rings. The SMILES string of the molecule is CC1C2C=C(NC(=O)c3ccccc3)C(=O)C(C2=O)C1c1ccc(Cl)cc1. The average Bonchev–Trinajstić information content (AvgIpc) is 2.85. The van der Waals surface area contributed by atoms with Crippen LogP contribution in [0.1, 0.15) is 28.8 Å². The van der Waals surface area contributed by atoms with Crippen LogP contribution in [0, 0.1) is 17.8 Å². The maximum atomic E-state index is 13.0. The number of Topliss-reactive ketones (excluding diaryl/α,β-unsaturated/α-hetero) is 2. The van der Waals surface area contributed by atoms with Gasteiger partial charge in [0.15, 0.2) is 11.6 Å². The normalized spacial score (nSPS) is 26.7. The first-order valence-electron chi connectivity index (χ1n) is 8.89. The van der Waals surface area contributed by atoms with E-state index in [1.54, 1.807) is 42.5 Å². The fraction of sp³-hybridized carbons (Fsp3) is 0.227. The highest BCUT2D eigenvalue weighted by molar-refractivity contribution is 6.30. The van der Waals surface area contributed by atoms with Crippen molar-refractivity contribution in [2.24, 2.45) is 17.8 Å². The smallest absolute Gasteiger partial charge is 0.255 e. The molecule has 0 heterocycles. The zero-order valence-electron chi connectivity index (χ0n) is 14.7. The van der Waals surface area contributed by atoms with Gasteiger partial charge in [-0.3, -0.25) is 14.4 Å². The van der Waals surface area contributed by atoms with Crippen LogP contribution in [0.15, 0.2) is 66.4 Å². The Bertz CT molecular complexity index is 949. The monoisotopic (exact) mass is 379 g/mol. The predicted molar refractivity (Wildman–Crippen MR) is 102 cm³/mol. The minimum absolute atomic E-state index is 0.0289.